The first kappa shape index (κ1) is 46.9. The van der Waals surface area contributed by atoms with E-state index in [9.17, 15) is 0 Å². The molecule has 0 radical (unpaired) electrons. The maximum Gasteiger partial charge on any atom is 0.277 e. The molecule has 0 saturated heterocycles. The van der Waals surface area contributed by atoms with Crippen LogP contribution in [0.15, 0.2) is 215 Å². The van der Waals surface area contributed by atoms with Crippen molar-refractivity contribution in [1.82, 2.24) is 0 Å². The van der Waals surface area contributed by atoms with Crippen molar-refractivity contribution in [2.24, 2.45) is 0 Å². The fraction of sp³-hybridized carbons (Fsp3) is 0.127. The van der Waals surface area contributed by atoms with E-state index in [2.05, 4.69) is 240 Å². The Bertz CT molecular complexity index is 4280. The van der Waals surface area contributed by atoms with Crippen molar-refractivity contribution < 1.29 is 8.83 Å². The molecule has 0 unspecified atom stereocenters. The van der Waals surface area contributed by atoms with Gasteiger partial charge < -0.3 is 18.6 Å². The Labute approximate surface area is 463 Å². The van der Waals surface area contributed by atoms with Crippen LogP contribution in [0.5, 0.6) is 0 Å². The van der Waals surface area contributed by atoms with E-state index in [4.69, 9.17) is 8.83 Å². The van der Waals surface area contributed by atoms with Gasteiger partial charge in [0, 0.05) is 74.1 Å². The van der Waals surface area contributed by atoms with Crippen LogP contribution >= 0.6 is 22.7 Å². The number of hydrogen-bond donors (Lipinski definition) is 0. The molecule has 0 amide bonds. The van der Waals surface area contributed by atoms with Gasteiger partial charge in [0.2, 0.25) is 0 Å². The lowest BCUT2D eigenvalue weighted by Gasteiger charge is -2.43. The Hall–Kier alpha value is -8.36. The minimum atomic E-state index is -0.0654. The highest BCUT2D eigenvalue weighted by Gasteiger charge is 2.48. The maximum absolute atomic E-state index is 6.29. The minimum absolute atomic E-state index is 0.0542. The fourth-order valence-electron chi connectivity index (χ4n) is 12.4. The van der Waals surface area contributed by atoms with E-state index in [1.807, 2.05) is 47.3 Å². The van der Waals surface area contributed by atoms with Crippen LogP contribution in [0, 0.1) is 6.92 Å². The van der Waals surface area contributed by atoms with Crippen LogP contribution in [0.2, 0.25) is 0 Å². The lowest BCUT2D eigenvalue weighted by molar-refractivity contribution is 0.591. The van der Waals surface area contributed by atoms with Crippen LogP contribution < -0.4 is 24.8 Å². The second-order valence-corrected chi connectivity index (χ2v) is 25.5. The average molecular weight is 1040 g/mol. The topological polar surface area (TPSA) is 32.8 Å². The van der Waals surface area contributed by atoms with Crippen molar-refractivity contribution >= 4 is 121 Å². The number of fused-ring (bicyclic) bond motifs is 10. The second kappa shape index (κ2) is 17.3. The van der Waals surface area contributed by atoms with Gasteiger partial charge in [-0.1, -0.05) is 175 Å². The SMILES string of the molecule is Cc1cc2c3c(c1)N(c1cc(-c4coc5ccccc45)ccc1-c1ccccc1)c1c(sc4ccc(C(C)(C)C)cc14)B3c1sc3ccc(C(C)(C)C)cc3c1N2c1cc(-c2coc3ccccc23)ccc1-c1ccccc1. The number of rotatable bonds is 6. The summed E-state index contributed by atoms with van der Waals surface area (Å²) in [6, 6.07) is 72.3. The molecule has 9 aromatic carbocycles. The predicted octanol–water partition coefficient (Wildman–Crippen LogP) is 19.3. The van der Waals surface area contributed by atoms with Crippen LogP contribution in [-0.2, 0) is 10.8 Å². The van der Waals surface area contributed by atoms with Crippen LogP contribution in [0.25, 0.3) is 86.6 Å². The summed E-state index contributed by atoms with van der Waals surface area (Å²) in [6.07, 6.45) is 3.87. The molecule has 0 bridgehead atoms. The minimum Gasteiger partial charge on any atom is -0.464 e. The summed E-state index contributed by atoms with van der Waals surface area (Å²) < 4.78 is 17.9. The summed E-state index contributed by atoms with van der Waals surface area (Å²) in [7, 11) is 0. The van der Waals surface area contributed by atoms with Crippen molar-refractivity contribution in [3.05, 3.63) is 223 Å². The first-order chi connectivity index (χ1) is 37.9. The number of furan rings is 2. The van der Waals surface area contributed by atoms with E-state index >= 15 is 0 Å². The van der Waals surface area contributed by atoms with Gasteiger partial charge in [-0.3, -0.25) is 0 Å². The highest BCUT2D eigenvalue weighted by molar-refractivity contribution is 7.40. The van der Waals surface area contributed by atoms with Crippen LogP contribution in [0.1, 0.15) is 58.2 Å². The highest BCUT2D eigenvalue weighted by Crippen LogP contribution is 2.55. The van der Waals surface area contributed by atoms with Gasteiger partial charge in [0.1, 0.15) is 11.2 Å². The molecule has 0 saturated carbocycles. The number of thiophene rings is 2. The van der Waals surface area contributed by atoms with Gasteiger partial charge in [0.15, 0.2) is 0 Å². The Morgan fingerprint density at radius 3 is 1.24 bits per heavy atom. The van der Waals surface area contributed by atoms with Crippen molar-refractivity contribution in [3.8, 4) is 44.5 Å². The lowest BCUT2D eigenvalue weighted by Crippen LogP contribution is -2.59. The Kier molecular flexibility index (Phi) is 10.4. The molecular formula is C71H55BN2O2S2. The van der Waals surface area contributed by atoms with Crippen molar-refractivity contribution in [2.45, 2.75) is 59.3 Å². The summed E-state index contributed by atoms with van der Waals surface area (Å²) in [6.45, 7) is 16.2. The molecular weight excluding hydrogens is 988 g/mol. The van der Waals surface area contributed by atoms with E-state index in [1.54, 1.807) is 0 Å². The molecule has 6 heterocycles. The monoisotopic (exact) mass is 1040 g/mol. The molecule has 0 N–H and O–H groups in total. The summed E-state index contributed by atoms with van der Waals surface area (Å²) >= 11 is 3.93. The zero-order valence-electron chi connectivity index (χ0n) is 44.7. The van der Waals surface area contributed by atoms with Crippen LogP contribution in [0.4, 0.5) is 34.1 Å². The summed E-state index contributed by atoms with van der Waals surface area (Å²) in [4.78, 5) is 5.33. The lowest BCUT2D eigenvalue weighted by atomic mass is 9.39. The van der Waals surface area contributed by atoms with E-state index in [0.29, 0.717) is 0 Å². The molecule has 7 heteroatoms. The fourth-order valence-corrected chi connectivity index (χ4v) is 15.1. The third kappa shape index (κ3) is 7.24. The number of benzene rings is 9. The maximum atomic E-state index is 6.29. The van der Waals surface area contributed by atoms with Crippen LogP contribution in [-0.4, -0.2) is 6.71 Å². The third-order valence-electron chi connectivity index (χ3n) is 16.4. The average Bonchev–Trinajstić information content (AvgIpc) is 4.31. The molecule has 2 aliphatic rings. The van der Waals surface area contributed by atoms with E-state index in [0.717, 1.165) is 77.8 Å². The van der Waals surface area contributed by atoms with Gasteiger partial charge in [-0.2, -0.15) is 0 Å². The van der Waals surface area contributed by atoms with Gasteiger partial charge in [-0.05, 0) is 123 Å². The summed E-state index contributed by atoms with van der Waals surface area (Å²) in [5, 5.41) is 4.75. The van der Waals surface area contributed by atoms with Crippen molar-refractivity contribution in [3.63, 3.8) is 0 Å². The summed E-state index contributed by atoms with van der Waals surface area (Å²) in [5.41, 5.74) is 22.9. The largest absolute Gasteiger partial charge is 0.464 e. The Balaban J connectivity index is 1.09. The van der Waals surface area contributed by atoms with Gasteiger partial charge >= 0.3 is 0 Å². The molecule has 13 aromatic rings. The molecule has 376 valence electrons. The standard InChI is InChI=1S/C71H55BN2O2S2/c1-42-34-59-65-60(35-42)74(58-37-46(27-31-50(58)44-20-12-9-13-21-44)56-41-76-62-25-17-15-23-52(56)62)67-54-39-48(71(5,6)7)29-33-64(54)78-69(67)72(65)68-66(53-38-47(70(2,3)4)28-32-63(53)77-68)73(59)57-36-45(26-30-49(57)43-18-10-8-11-19-43)55-40-75-61-24-16-14-22-51(55)61/h8-41H,1-7H3. The smallest absolute Gasteiger partial charge is 0.277 e. The molecule has 78 heavy (non-hydrogen) atoms. The summed E-state index contributed by atoms with van der Waals surface area (Å²) in [5.74, 6) is 0. The first-order valence-corrected chi connectivity index (χ1v) is 28.7. The quantitative estimate of drug-likeness (QED) is 0.155. The highest BCUT2D eigenvalue weighted by atomic mass is 32.1. The third-order valence-corrected chi connectivity index (χ3v) is 18.8. The molecule has 4 aromatic heterocycles. The molecule has 0 spiro atoms. The molecule has 0 atom stereocenters. The Morgan fingerprint density at radius 1 is 0.385 bits per heavy atom. The first-order valence-electron chi connectivity index (χ1n) is 27.1. The number of anilines is 6. The number of para-hydroxylation sites is 2. The molecule has 2 aliphatic heterocycles. The van der Waals surface area contributed by atoms with Crippen molar-refractivity contribution in [1.29, 1.82) is 0 Å². The molecule has 15 rings (SSSR count). The molecule has 4 nitrogen and oxygen atoms in total. The normalized spacial score (nSPS) is 13.2. The van der Waals surface area contributed by atoms with Crippen molar-refractivity contribution in [2.75, 3.05) is 9.80 Å². The van der Waals surface area contributed by atoms with Gasteiger partial charge in [0.25, 0.3) is 6.71 Å². The molecule has 0 fully saturated rings. The second-order valence-electron chi connectivity index (χ2n) is 23.4. The Morgan fingerprint density at radius 2 is 0.808 bits per heavy atom. The van der Waals surface area contributed by atoms with Gasteiger partial charge in [-0.25, -0.2) is 0 Å². The number of nitrogens with zero attached hydrogens (tertiary/aromatic N) is 2. The van der Waals surface area contributed by atoms with E-state index < -0.39 is 0 Å². The number of aryl methyl sites for hydroxylation is 1. The van der Waals surface area contributed by atoms with E-state index in [1.165, 1.54) is 74.6 Å². The van der Waals surface area contributed by atoms with E-state index in [-0.39, 0.29) is 17.5 Å². The number of hydrogen-bond acceptors (Lipinski definition) is 6. The zero-order valence-corrected chi connectivity index (χ0v) is 46.4. The van der Waals surface area contributed by atoms with Crippen LogP contribution in [0.3, 0.4) is 0 Å². The predicted molar refractivity (Wildman–Crippen MR) is 335 cm³/mol. The zero-order chi connectivity index (χ0) is 52.8. The van der Waals surface area contributed by atoms with Gasteiger partial charge in [0.05, 0.1) is 35.3 Å². The molecule has 0 aliphatic carbocycles. The van der Waals surface area contributed by atoms with Gasteiger partial charge in [-0.15, -0.1) is 22.7 Å².